The van der Waals surface area contributed by atoms with Crippen LogP contribution in [-0.4, -0.2) is 17.0 Å². The van der Waals surface area contributed by atoms with Gasteiger partial charge in [0.25, 0.3) is 5.91 Å². The van der Waals surface area contributed by atoms with E-state index in [0.29, 0.717) is 32.5 Å². The first-order valence-corrected chi connectivity index (χ1v) is 8.10. The molecule has 3 aromatic rings. The summed E-state index contributed by atoms with van der Waals surface area (Å²) >= 11 is 7.17. The number of halogens is 2. The summed E-state index contributed by atoms with van der Waals surface area (Å²) in [6.45, 7) is 0. The molecule has 1 aliphatic rings. The highest BCUT2D eigenvalue weighted by Crippen LogP contribution is 2.32. The van der Waals surface area contributed by atoms with Gasteiger partial charge in [0.2, 0.25) is 0 Å². The smallest absolute Gasteiger partial charge is 0.267 e. The predicted molar refractivity (Wildman–Crippen MR) is 87.8 cm³/mol. The molecular weight excluding hydrogens is 339 g/mol. The Kier molecular flexibility index (Phi) is 3.43. The number of ether oxygens (including phenoxy) is 1. The highest BCUT2D eigenvalue weighted by atomic mass is 35.5. The molecule has 1 N–H and O–H groups in total. The van der Waals surface area contributed by atoms with Crippen LogP contribution in [0.5, 0.6) is 5.75 Å². The van der Waals surface area contributed by atoms with Gasteiger partial charge < -0.3 is 4.74 Å². The zero-order chi connectivity index (χ0) is 16.0. The third-order valence-corrected chi connectivity index (χ3v) is 4.74. The number of benzene rings is 2. The maximum absolute atomic E-state index is 13.2. The van der Waals surface area contributed by atoms with Gasteiger partial charge in [0.05, 0.1) is 10.2 Å². The SMILES string of the molecule is O=C(Nc1nc2ccc(F)cc2s1)C1Cc2cc(Cl)ccc2O1. The molecule has 0 spiro atoms. The van der Waals surface area contributed by atoms with Gasteiger partial charge in [-0.25, -0.2) is 9.37 Å². The van der Waals surface area contributed by atoms with Crippen molar-refractivity contribution in [3.63, 3.8) is 0 Å². The molecule has 0 saturated heterocycles. The van der Waals surface area contributed by atoms with Gasteiger partial charge in [-0.3, -0.25) is 10.1 Å². The minimum absolute atomic E-state index is 0.281. The maximum atomic E-state index is 13.2. The Bertz CT molecular complexity index is 928. The predicted octanol–water partition coefficient (Wildman–Crippen LogP) is 4.03. The van der Waals surface area contributed by atoms with Crippen LogP contribution in [0.1, 0.15) is 5.56 Å². The molecule has 23 heavy (non-hydrogen) atoms. The lowest BCUT2D eigenvalue weighted by atomic mass is 10.1. The van der Waals surface area contributed by atoms with E-state index in [2.05, 4.69) is 10.3 Å². The highest BCUT2D eigenvalue weighted by Gasteiger charge is 2.29. The molecule has 1 unspecified atom stereocenters. The first kappa shape index (κ1) is 14.4. The number of nitrogens with zero attached hydrogens (tertiary/aromatic N) is 1. The molecule has 1 aromatic heterocycles. The number of hydrogen-bond donors (Lipinski definition) is 1. The van der Waals surface area contributed by atoms with Crippen molar-refractivity contribution in [1.82, 2.24) is 4.98 Å². The number of anilines is 1. The lowest BCUT2D eigenvalue weighted by Gasteiger charge is -2.09. The molecule has 0 saturated carbocycles. The van der Waals surface area contributed by atoms with Crippen molar-refractivity contribution in [2.24, 2.45) is 0 Å². The summed E-state index contributed by atoms with van der Waals surface area (Å²) in [5.41, 5.74) is 1.55. The second-order valence-electron chi connectivity index (χ2n) is 5.18. The Morgan fingerprint density at radius 2 is 2.22 bits per heavy atom. The average Bonchev–Trinajstić information content (AvgIpc) is 3.09. The molecule has 0 bridgehead atoms. The summed E-state index contributed by atoms with van der Waals surface area (Å²) in [5.74, 6) is 0.0586. The highest BCUT2D eigenvalue weighted by molar-refractivity contribution is 7.22. The van der Waals surface area contributed by atoms with Crippen molar-refractivity contribution in [3.8, 4) is 5.75 Å². The van der Waals surface area contributed by atoms with Crippen LogP contribution >= 0.6 is 22.9 Å². The van der Waals surface area contributed by atoms with Gasteiger partial charge in [-0.1, -0.05) is 22.9 Å². The Morgan fingerprint density at radius 3 is 3.09 bits per heavy atom. The van der Waals surface area contributed by atoms with Gasteiger partial charge in [0.15, 0.2) is 11.2 Å². The number of carbonyl (C=O) groups excluding carboxylic acids is 1. The molecule has 116 valence electrons. The van der Waals surface area contributed by atoms with Crippen molar-refractivity contribution in [3.05, 3.63) is 52.8 Å². The largest absolute Gasteiger partial charge is 0.480 e. The second kappa shape index (κ2) is 5.47. The molecular formula is C16H10ClFN2O2S. The zero-order valence-electron chi connectivity index (χ0n) is 11.7. The van der Waals surface area contributed by atoms with E-state index in [1.165, 1.54) is 23.5 Å². The Balaban J connectivity index is 1.51. The summed E-state index contributed by atoms with van der Waals surface area (Å²) in [7, 11) is 0. The fourth-order valence-corrected chi connectivity index (χ4v) is 3.59. The standard InChI is InChI=1S/C16H10ClFN2O2S/c17-9-1-4-12-8(5-9)6-13(22-12)15(21)20-16-19-11-3-2-10(18)7-14(11)23-16/h1-5,7,13H,6H2,(H,19,20,21). The topological polar surface area (TPSA) is 51.2 Å². The van der Waals surface area contributed by atoms with Crippen LogP contribution in [0.3, 0.4) is 0 Å². The van der Waals surface area contributed by atoms with Crippen molar-refractivity contribution >= 4 is 44.2 Å². The van der Waals surface area contributed by atoms with Crippen molar-refractivity contribution in [2.75, 3.05) is 5.32 Å². The number of aromatic nitrogens is 1. The summed E-state index contributed by atoms with van der Waals surface area (Å²) < 4.78 is 19.5. The van der Waals surface area contributed by atoms with E-state index in [9.17, 15) is 9.18 Å². The van der Waals surface area contributed by atoms with Crippen LogP contribution in [0.2, 0.25) is 5.02 Å². The van der Waals surface area contributed by atoms with Gasteiger partial charge in [-0.05, 0) is 42.0 Å². The number of nitrogens with one attached hydrogen (secondary N) is 1. The van der Waals surface area contributed by atoms with Gasteiger partial charge in [0.1, 0.15) is 11.6 Å². The molecule has 0 fully saturated rings. The zero-order valence-corrected chi connectivity index (χ0v) is 13.2. The number of hydrogen-bond acceptors (Lipinski definition) is 4. The normalized spacial score (nSPS) is 16.2. The summed E-state index contributed by atoms with van der Waals surface area (Å²) in [5, 5.41) is 3.77. The second-order valence-corrected chi connectivity index (χ2v) is 6.65. The maximum Gasteiger partial charge on any atom is 0.267 e. The summed E-state index contributed by atoms with van der Waals surface area (Å²) in [4.78, 5) is 16.6. The van der Waals surface area contributed by atoms with Crippen LogP contribution in [0.15, 0.2) is 36.4 Å². The lowest BCUT2D eigenvalue weighted by molar-refractivity contribution is -0.122. The average molecular weight is 349 g/mol. The molecule has 4 rings (SSSR count). The minimum atomic E-state index is -0.618. The summed E-state index contributed by atoms with van der Waals surface area (Å²) in [6.07, 6.45) is -0.159. The molecule has 1 atom stereocenters. The van der Waals surface area contributed by atoms with Crippen LogP contribution in [0.25, 0.3) is 10.2 Å². The number of fused-ring (bicyclic) bond motifs is 2. The van der Waals surface area contributed by atoms with Gasteiger partial charge in [-0.2, -0.15) is 0 Å². The fraction of sp³-hybridized carbons (Fsp3) is 0.125. The molecule has 1 amide bonds. The first-order chi connectivity index (χ1) is 11.1. The van der Waals surface area contributed by atoms with Gasteiger partial charge in [0, 0.05) is 11.4 Å². The van der Waals surface area contributed by atoms with Crippen LogP contribution in [-0.2, 0) is 11.2 Å². The first-order valence-electron chi connectivity index (χ1n) is 6.90. The lowest BCUT2D eigenvalue weighted by Crippen LogP contribution is -2.31. The molecule has 1 aliphatic heterocycles. The summed E-state index contributed by atoms with van der Waals surface area (Å²) in [6, 6.07) is 9.60. The van der Waals surface area contributed by atoms with E-state index in [1.807, 2.05) is 0 Å². The third kappa shape index (κ3) is 2.75. The van der Waals surface area contributed by atoms with Crippen LogP contribution in [0.4, 0.5) is 9.52 Å². The number of thiazole rings is 1. The molecule has 2 heterocycles. The van der Waals surface area contributed by atoms with E-state index in [-0.39, 0.29) is 11.7 Å². The van der Waals surface area contributed by atoms with Crippen molar-refractivity contribution in [1.29, 1.82) is 0 Å². The van der Waals surface area contributed by atoms with Crippen molar-refractivity contribution in [2.45, 2.75) is 12.5 Å². The number of carbonyl (C=O) groups is 1. The minimum Gasteiger partial charge on any atom is -0.480 e. The Morgan fingerprint density at radius 1 is 1.35 bits per heavy atom. The molecule has 4 nitrogen and oxygen atoms in total. The Hall–Kier alpha value is -2.18. The van der Waals surface area contributed by atoms with Gasteiger partial charge >= 0.3 is 0 Å². The quantitative estimate of drug-likeness (QED) is 0.760. The van der Waals surface area contributed by atoms with E-state index < -0.39 is 6.10 Å². The fourth-order valence-electron chi connectivity index (χ4n) is 2.50. The van der Waals surface area contributed by atoms with E-state index in [0.717, 1.165) is 5.56 Å². The van der Waals surface area contributed by atoms with Crippen LogP contribution < -0.4 is 10.1 Å². The third-order valence-electron chi connectivity index (χ3n) is 3.57. The van der Waals surface area contributed by atoms with Gasteiger partial charge in [-0.15, -0.1) is 0 Å². The monoisotopic (exact) mass is 348 g/mol. The number of amides is 1. The van der Waals surface area contributed by atoms with E-state index in [4.69, 9.17) is 16.3 Å². The molecule has 2 aromatic carbocycles. The van der Waals surface area contributed by atoms with E-state index >= 15 is 0 Å². The van der Waals surface area contributed by atoms with Crippen molar-refractivity contribution < 1.29 is 13.9 Å². The van der Waals surface area contributed by atoms with Crippen LogP contribution in [0, 0.1) is 5.82 Å². The number of rotatable bonds is 2. The molecule has 0 aliphatic carbocycles. The molecule has 0 radical (unpaired) electrons. The Labute approximate surface area is 139 Å². The molecule has 7 heteroatoms. The van der Waals surface area contributed by atoms with E-state index in [1.54, 1.807) is 24.3 Å².